The summed E-state index contributed by atoms with van der Waals surface area (Å²) in [7, 11) is -3.83. The van der Waals surface area contributed by atoms with E-state index in [-0.39, 0.29) is 17.3 Å². The van der Waals surface area contributed by atoms with Crippen LogP contribution in [0.15, 0.2) is 17.1 Å². The van der Waals surface area contributed by atoms with E-state index in [1.807, 2.05) is 0 Å². The van der Waals surface area contributed by atoms with Crippen molar-refractivity contribution in [1.29, 1.82) is 0 Å². The molecule has 6 nitrogen and oxygen atoms in total. The molecule has 1 aliphatic heterocycles. The molecule has 0 fully saturated rings. The van der Waals surface area contributed by atoms with Crippen LogP contribution in [-0.4, -0.2) is 36.9 Å². The first kappa shape index (κ1) is 13.7. The van der Waals surface area contributed by atoms with Crippen LogP contribution in [0.25, 0.3) is 0 Å². The zero-order valence-electron chi connectivity index (χ0n) is 9.75. The van der Waals surface area contributed by atoms with Crippen LogP contribution in [0.2, 0.25) is 0 Å². The third-order valence-corrected chi connectivity index (χ3v) is 4.82. The van der Waals surface area contributed by atoms with Crippen molar-refractivity contribution in [3.63, 3.8) is 0 Å². The first-order valence-electron chi connectivity index (χ1n) is 5.37. The molecule has 9 heteroatoms. The van der Waals surface area contributed by atoms with Crippen molar-refractivity contribution in [2.24, 2.45) is 10.7 Å². The zero-order chi connectivity index (χ0) is 14.2. The molecule has 0 aliphatic carbocycles. The van der Waals surface area contributed by atoms with Gasteiger partial charge >= 0.3 is 0 Å². The number of nitrogens with two attached hydrogens (primary N) is 2. The summed E-state index contributed by atoms with van der Waals surface area (Å²) in [5.74, 6) is -1.61. The van der Waals surface area contributed by atoms with Gasteiger partial charge in [-0.05, 0) is 12.1 Å². The van der Waals surface area contributed by atoms with E-state index in [1.54, 1.807) is 0 Å². The fourth-order valence-electron chi connectivity index (χ4n) is 1.84. The fourth-order valence-corrected chi connectivity index (χ4v) is 3.37. The number of pyridine rings is 1. The minimum absolute atomic E-state index is 0.0372. The number of nitrogen functional groups attached to an aromatic ring is 1. The number of nitrogens with zero attached hydrogens (tertiary/aromatic N) is 2. The van der Waals surface area contributed by atoms with Crippen LogP contribution < -0.4 is 11.5 Å². The molecular formula is C10H12F2N4O2S. The largest absolute Gasteiger partial charge is 0.386 e. The van der Waals surface area contributed by atoms with E-state index in [2.05, 4.69) is 9.98 Å². The molecular weight excluding hydrogens is 278 g/mol. The molecule has 2 heterocycles. The van der Waals surface area contributed by atoms with Crippen LogP contribution in [0.3, 0.4) is 0 Å². The van der Waals surface area contributed by atoms with Gasteiger partial charge in [0.25, 0.3) is 0 Å². The molecule has 2 atom stereocenters. The second-order valence-electron chi connectivity index (χ2n) is 4.15. The number of aromatic nitrogens is 1. The molecule has 1 aromatic rings. The van der Waals surface area contributed by atoms with E-state index in [0.717, 1.165) is 6.07 Å². The summed E-state index contributed by atoms with van der Waals surface area (Å²) in [6.45, 7) is -1.16. The maximum Gasteiger partial charge on any atom is 0.165 e. The number of halogens is 2. The van der Waals surface area contributed by atoms with Gasteiger partial charge in [-0.1, -0.05) is 0 Å². The van der Waals surface area contributed by atoms with Crippen LogP contribution in [0.4, 0.5) is 14.6 Å². The Balaban J connectivity index is 2.48. The monoisotopic (exact) mass is 290 g/mol. The van der Waals surface area contributed by atoms with E-state index >= 15 is 0 Å². The molecule has 0 saturated carbocycles. The quantitative estimate of drug-likeness (QED) is 0.794. The highest BCUT2D eigenvalue weighted by molar-refractivity contribution is 7.92. The summed E-state index contributed by atoms with van der Waals surface area (Å²) in [6.07, 6.45) is 0. The van der Waals surface area contributed by atoms with Crippen molar-refractivity contribution in [3.8, 4) is 0 Å². The minimum Gasteiger partial charge on any atom is -0.386 e. The summed E-state index contributed by atoms with van der Waals surface area (Å²) in [5.41, 5.74) is 10.6. The maximum atomic E-state index is 13.6. The standard InChI is InChI=1S/C10H12F2N4O2S/c11-3-7-10(14)15-6(4-19(7,17)18)9-5(12)1-2-8(13)16-9/h1-2,6-7H,3-4H2,(H2,13,16)(H2,14,15)/t6?,7-/m0/s1. The van der Waals surface area contributed by atoms with Crippen molar-refractivity contribution in [2.45, 2.75) is 11.3 Å². The molecule has 104 valence electrons. The van der Waals surface area contributed by atoms with Gasteiger partial charge in [0.15, 0.2) is 9.84 Å². The molecule has 1 unspecified atom stereocenters. The first-order chi connectivity index (χ1) is 8.85. The first-order valence-corrected chi connectivity index (χ1v) is 7.09. The Morgan fingerprint density at radius 2 is 2.05 bits per heavy atom. The Labute approximate surface area is 108 Å². The lowest BCUT2D eigenvalue weighted by molar-refractivity contribution is 0.488. The zero-order valence-corrected chi connectivity index (χ0v) is 10.6. The van der Waals surface area contributed by atoms with Crippen molar-refractivity contribution in [1.82, 2.24) is 4.98 Å². The maximum absolute atomic E-state index is 13.6. The molecule has 0 aromatic carbocycles. The average molecular weight is 290 g/mol. The number of hydrogen-bond donors (Lipinski definition) is 2. The van der Waals surface area contributed by atoms with E-state index < -0.39 is 39.4 Å². The van der Waals surface area contributed by atoms with Gasteiger partial charge < -0.3 is 11.5 Å². The third kappa shape index (κ3) is 2.50. The molecule has 1 aliphatic rings. The summed E-state index contributed by atoms with van der Waals surface area (Å²) >= 11 is 0. The highest BCUT2D eigenvalue weighted by atomic mass is 32.2. The van der Waals surface area contributed by atoms with Crippen molar-refractivity contribution in [3.05, 3.63) is 23.6 Å². The van der Waals surface area contributed by atoms with Gasteiger partial charge in [-0.3, -0.25) is 4.99 Å². The van der Waals surface area contributed by atoms with E-state index in [4.69, 9.17) is 11.5 Å². The SMILES string of the molecule is NC1=NC(c2nc(N)ccc2F)CS(=O)(=O)[C@H]1CF. The summed E-state index contributed by atoms with van der Waals surface area (Å²) < 4.78 is 49.9. The number of alkyl halides is 1. The molecule has 0 spiro atoms. The average Bonchev–Trinajstić information content (AvgIpc) is 2.30. The lowest BCUT2D eigenvalue weighted by Gasteiger charge is -2.24. The van der Waals surface area contributed by atoms with Crippen LogP contribution in [0, 0.1) is 5.82 Å². The molecule has 1 aromatic heterocycles. The molecule has 0 amide bonds. The number of hydrogen-bond acceptors (Lipinski definition) is 6. The molecule has 19 heavy (non-hydrogen) atoms. The third-order valence-electron chi connectivity index (χ3n) is 2.81. The van der Waals surface area contributed by atoms with Gasteiger partial charge in [-0.25, -0.2) is 22.2 Å². The van der Waals surface area contributed by atoms with Gasteiger partial charge in [0, 0.05) is 0 Å². The topological polar surface area (TPSA) is 111 Å². The van der Waals surface area contributed by atoms with Gasteiger partial charge in [0.1, 0.15) is 41.1 Å². The molecule has 0 bridgehead atoms. The van der Waals surface area contributed by atoms with E-state index in [1.165, 1.54) is 6.07 Å². The van der Waals surface area contributed by atoms with Crippen LogP contribution in [0.1, 0.15) is 11.7 Å². The predicted octanol–water partition coefficient (Wildman–Crippen LogP) is -0.0323. The molecule has 0 saturated heterocycles. The number of anilines is 1. The predicted molar refractivity (Wildman–Crippen MR) is 66.5 cm³/mol. The lowest BCUT2D eigenvalue weighted by Crippen LogP contribution is -2.44. The van der Waals surface area contributed by atoms with Gasteiger partial charge in [0.2, 0.25) is 0 Å². The number of aliphatic imine (C=N–C) groups is 1. The second kappa shape index (κ2) is 4.72. The Kier molecular flexibility index (Phi) is 3.40. The Hall–Kier alpha value is -1.77. The Bertz CT molecular complexity index is 632. The lowest BCUT2D eigenvalue weighted by atomic mass is 10.2. The van der Waals surface area contributed by atoms with Crippen molar-refractivity contribution in [2.75, 3.05) is 18.2 Å². The van der Waals surface area contributed by atoms with E-state index in [0.29, 0.717) is 0 Å². The highest BCUT2D eigenvalue weighted by Crippen LogP contribution is 2.27. The number of rotatable bonds is 2. The smallest absolute Gasteiger partial charge is 0.165 e. The van der Waals surface area contributed by atoms with Gasteiger partial charge in [-0.2, -0.15) is 0 Å². The second-order valence-corrected chi connectivity index (χ2v) is 6.37. The summed E-state index contributed by atoms with van der Waals surface area (Å²) in [6, 6.07) is 1.21. The van der Waals surface area contributed by atoms with Crippen molar-refractivity contribution >= 4 is 21.5 Å². The van der Waals surface area contributed by atoms with Gasteiger partial charge in [0.05, 0.1) is 5.75 Å². The van der Waals surface area contributed by atoms with Crippen LogP contribution in [0.5, 0.6) is 0 Å². The highest BCUT2D eigenvalue weighted by Gasteiger charge is 2.38. The Morgan fingerprint density at radius 3 is 2.63 bits per heavy atom. The van der Waals surface area contributed by atoms with Crippen LogP contribution in [-0.2, 0) is 9.84 Å². The minimum atomic E-state index is -3.83. The van der Waals surface area contributed by atoms with E-state index in [9.17, 15) is 17.2 Å². The normalized spacial score (nSPS) is 25.9. The Morgan fingerprint density at radius 1 is 1.37 bits per heavy atom. The fraction of sp³-hybridized carbons (Fsp3) is 0.400. The summed E-state index contributed by atoms with van der Waals surface area (Å²) in [4.78, 5) is 7.55. The van der Waals surface area contributed by atoms with Gasteiger partial charge in [-0.15, -0.1) is 0 Å². The molecule has 2 rings (SSSR count). The molecule has 4 N–H and O–H groups in total. The van der Waals surface area contributed by atoms with Crippen LogP contribution >= 0.6 is 0 Å². The summed E-state index contributed by atoms with van der Waals surface area (Å²) in [5, 5.41) is -1.46. The number of sulfone groups is 1. The molecule has 0 radical (unpaired) electrons. The number of amidine groups is 1. The van der Waals surface area contributed by atoms with Crippen molar-refractivity contribution < 1.29 is 17.2 Å².